The highest BCUT2D eigenvalue weighted by molar-refractivity contribution is 8.77. The van der Waals surface area contributed by atoms with Crippen molar-refractivity contribution < 1.29 is 47.1 Å². The molecule has 0 aliphatic carbocycles. The van der Waals surface area contributed by atoms with Gasteiger partial charge in [0.15, 0.2) is 6.29 Å². The van der Waals surface area contributed by atoms with Crippen LogP contribution in [0, 0.1) is 5.41 Å². The number of methoxy groups -OCH3 is 2. The zero-order valence-electron chi connectivity index (χ0n) is 52.0. The van der Waals surface area contributed by atoms with E-state index in [2.05, 4.69) is 126 Å². The van der Waals surface area contributed by atoms with Crippen molar-refractivity contribution in [3.05, 3.63) is 189 Å². The minimum Gasteiger partial charge on any atom is -0.497 e. The molecule has 462 valence electrons. The van der Waals surface area contributed by atoms with Crippen LogP contribution in [0.1, 0.15) is 152 Å². The van der Waals surface area contributed by atoms with Crippen LogP contribution in [0.25, 0.3) is 0 Å². The topological polar surface area (TPSA) is 146 Å². The molecule has 0 N–H and O–H groups in total. The lowest BCUT2D eigenvalue weighted by Crippen LogP contribution is -2.39. The number of carbonyl (C=O) groups is 2. The predicted molar refractivity (Wildman–Crippen MR) is 344 cm³/mol. The summed E-state index contributed by atoms with van der Waals surface area (Å²) in [4.78, 5) is 44.7. The zero-order chi connectivity index (χ0) is 61.4. The lowest BCUT2D eigenvalue weighted by molar-refractivity contribution is -0.235. The molecule has 0 spiro atoms. The first kappa shape index (κ1) is 66.7. The molecule has 17 heteroatoms. The summed E-state index contributed by atoms with van der Waals surface area (Å²) in [6.07, 6.45) is 4.72. The molecular weight excluding hydrogens is 1140 g/mol. The second-order valence-electron chi connectivity index (χ2n) is 23.7. The molecular formula is C69H88N3O11PS2. The van der Waals surface area contributed by atoms with Crippen molar-refractivity contribution in [1.29, 1.82) is 0 Å². The van der Waals surface area contributed by atoms with E-state index in [9.17, 15) is 14.4 Å². The highest BCUT2D eigenvalue weighted by Gasteiger charge is 2.45. The van der Waals surface area contributed by atoms with Crippen molar-refractivity contribution in [3.63, 3.8) is 0 Å². The van der Waals surface area contributed by atoms with Gasteiger partial charge in [0.1, 0.15) is 41.0 Å². The Morgan fingerprint density at radius 3 is 1.97 bits per heavy atom. The van der Waals surface area contributed by atoms with E-state index in [0.29, 0.717) is 62.7 Å². The van der Waals surface area contributed by atoms with Gasteiger partial charge in [-0.2, -0.15) is 4.98 Å². The Morgan fingerprint density at radius 1 is 0.779 bits per heavy atom. The summed E-state index contributed by atoms with van der Waals surface area (Å²) in [5.74, 6) is 1.58. The Kier molecular flexibility index (Phi) is 24.3. The van der Waals surface area contributed by atoms with Crippen molar-refractivity contribution in [3.8, 4) is 11.5 Å². The number of ether oxygens (including phenoxy) is 6. The summed E-state index contributed by atoms with van der Waals surface area (Å²) in [7, 11) is 5.09. The Labute approximate surface area is 519 Å². The van der Waals surface area contributed by atoms with Gasteiger partial charge in [0.05, 0.1) is 52.4 Å². The molecule has 0 radical (unpaired) electrons. The molecule has 86 heavy (non-hydrogen) atoms. The van der Waals surface area contributed by atoms with E-state index in [1.807, 2.05) is 66.7 Å². The third kappa shape index (κ3) is 17.3. The van der Waals surface area contributed by atoms with E-state index in [1.165, 1.54) is 11.5 Å². The van der Waals surface area contributed by atoms with E-state index >= 15 is 0 Å². The van der Waals surface area contributed by atoms with Crippen LogP contribution < -0.4 is 15.2 Å². The highest BCUT2D eigenvalue weighted by atomic mass is 33.1. The molecule has 2 aliphatic heterocycles. The fraction of sp³-hybridized carbons (Fsp3) is 0.478. The van der Waals surface area contributed by atoms with E-state index in [0.717, 1.165) is 57.5 Å². The van der Waals surface area contributed by atoms with Gasteiger partial charge in [-0.3, -0.25) is 14.2 Å². The number of hydrogen-bond acceptors (Lipinski definition) is 15. The van der Waals surface area contributed by atoms with E-state index in [1.54, 1.807) is 48.1 Å². The fourth-order valence-electron chi connectivity index (χ4n) is 11.0. The van der Waals surface area contributed by atoms with Gasteiger partial charge in [0, 0.05) is 64.6 Å². The minimum atomic E-state index is -1.73. The third-order valence-corrected chi connectivity index (χ3v) is 22.0. The molecule has 1 aromatic heterocycles. The molecule has 2 saturated heterocycles. The molecule has 14 nitrogen and oxygen atoms in total. The smallest absolute Gasteiger partial charge is 0.349 e. The maximum absolute atomic E-state index is 13.8. The van der Waals surface area contributed by atoms with Crippen LogP contribution in [0.2, 0.25) is 0 Å². The van der Waals surface area contributed by atoms with Crippen molar-refractivity contribution in [1.82, 2.24) is 14.2 Å². The molecule has 2 aliphatic rings. The van der Waals surface area contributed by atoms with Crippen LogP contribution in [0.15, 0.2) is 149 Å². The van der Waals surface area contributed by atoms with Crippen molar-refractivity contribution in [2.75, 3.05) is 40.6 Å². The maximum Gasteiger partial charge on any atom is 0.349 e. The molecule has 8 rings (SSSR count). The van der Waals surface area contributed by atoms with Crippen LogP contribution in [0.3, 0.4) is 0 Å². The number of hydrogen-bond donors (Lipinski definition) is 0. The number of benzene rings is 5. The number of Topliss-reactive ketones (excluding diaryl/α,β-unsaturated/α-hetero) is 2. The van der Waals surface area contributed by atoms with Gasteiger partial charge < -0.3 is 37.5 Å². The van der Waals surface area contributed by atoms with Crippen molar-refractivity contribution in [2.45, 2.75) is 172 Å². The van der Waals surface area contributed by atoms with Gasteiger partial charge >= 0.3 is 5.69 Å². The third-order valence-electron chi connectivity index (χ3n) is 16.4. The Balaban J connectivity index is 0.963. The second kappa shape index (κ2) is 31.3. The zero-order valence-corrected chi connectivity index (χ0v) is 54.6. The molecule has 4 unspecified atom stereocenters. The monoisotopic (exact) mass is 1230 g/mol. The number of nitrogens with zero attached hydrogens (tertiary/aromatic N) is 3. The molecule has 6 aromatic rings. The summed E-state index contributed by atoms with van der Waals surface area (Å²) in [6.45, 7) is 20.7. The first-order valence-electron chi connectivity index (χ1n) is 30.3. The number of aryl methyl sites for hydroxylation is 1. The largest absolute Gasteiger partial charge is 0.497 e. The molecule has 0 bridgehead atoms. The number of rotatable bonds is 32. The predicted octanol–water partition coefficient (Wildman–Crippen LogP) is 15.0. The molecule has 0 saturated carbocycles. The Bertz CT molecular complexity index is 3090. The number of aromatic nitrogens is 2. The molecule has 3 heterocycles. The van der Waals surface area contributed by atoms with Gasteiger partial charge in [-0.05, 0) is 145 Å². The van der Waals surface area contributed by atoms with Gasteiger partial charge in [-0.15, -0.1) is 0 Å². The summed E-state index contributed by atoms with van der Waals surface area (Å²) < 4.78 is 55.8. The van der Waals surface area contributed by atoms with Crippen LogP contribution in [0.5, 0.6) is 11.5 Å². The van der Waals surface area contributed by atoms with Gasteiger partial charge in [-0.1, -0.05) is 132 Å². The first-order valence-corrected chi connectivity index (χ1v) is 33.5. The van der Waals surface area contributed by atoms with Crippen LogP contribution in [0.4, 0.5) is 0 Å². The Morgan fingerprint density at radius 2 is 1.38 bits per heavy atom. The van der Waals surface area contributed by atoms with Crippen LogP contribution >= 0.6 is 30.1 Å². The second-order valence-corrected chi connectivity index (χ2v) is 28.0. The normalized spacial score (nSPS) is 17.8. The average Bonchev–Trinajstić information content (AvgIpc) is 3.30. The summed E-state index contributed by atoms with van der Waals surface area (Å²) in [6, 6.07) is 44.4. The van der Waals surface area contributed by atoms with Crippen molar-refractivity contribution >= 4 is 41.7 Å². The van der Waals surface area contributed by atoms with E-state index in [-0.39, 0.29) is 59.6 Å². The van der Waals surface area contributed by atoms with Crippen molar-refractivity contribution in [2.24, 2.45) is 5.41 Å². The average molecular weight is 1230 g/mol. The lowest BCUT2D eigenvalue weighted by atomic mass is 9.80. The summed E-state index contributed by atoms with van der Waals surface area (Å²) in [5, 5.41) is 0. The van der Waals surface area contributed by atoms with E-state index in [4.69, 9.17) is 37.5 Å². The quantitative estimate of drug-likeness (QED) is 0.0224. The molecule has 0 amide bonds. The van der Waals surface area contributed by atoms with E-state index < -0.39 is 38.3 Å². The minimum absolute atomic E-state index is 0.0405. The Hall–Kier alpha value is -5.23. The summed E-state index contributed by atoms with van der Waals surface area (Å²) in [5.41, 5.74) is 4.71. The molecule has 5 aromatic carbocycles. The maximum atomic E-state index is 13.8. The molecule has 4 atom stereocenters. The summed E-state index contributed by atoms with van der Waals surface area (Å²) >= 11 is 0. The van der Waals surface area contributed by atoms with Gasteiger partial charge in [-0.25, -0.2) is 9.46 Å². The SMILES string of the molecule is CCC1(CC)COC(c2ccc(CCC(=O)CCC(C)(C)SSc3ccccc3CCOP(OC3CC(n4ccc(CC(C)=O)nc4=O)OC3COC(c3ccccc3)(c3ccc(OC)cc3)c3ccc(OC)cc3)N(C(C)C)C(C)C)cc2)OC1. The lowest BCUT2D eigenvalue weighted by Gasteiger charge is -2.39. The highest BCUT2D eigenvalue weighted by Crippen LogP contribution is 2.52. The standard InChI is InChI=1S/C69H88N3O11PS2/c1-12-68(13-2)46-78-65(79-47-68)53-26-23-51(24-27-53)25-32-58(74)37-40-67(8,9)86-85-63-22-18-17-19-52(63)39-42-81-84(72(48(3)4)49(5)6)83-61-44-64(71-41-38-57(43-50(7)73)70-66(71)75)82-62(61)45-80-69(54-20-15-14-16-21-54,55-28-33-59(76-10)34-29-55)56-30-35-60(77-11)36-31-56/h14-24,26-31,33-36,38,41,48-49,61-62,64-65H,12-13,25,32,37,39-40,42-47H2,1-11H3. The number of carbonyl (C=O) groups excluding carboxylic acids is 2. The first-order chi connectivity index (χ1) is 41.4. The fourth-order valence-corrected chi connectivity index (χ4v) is 15.4. The van der Waals surface area contributed by atoms with Gasteiger partial charge in [0.25, 0.3) is 8.53 Å². The van der Waals surface area contributed by atoms with Crippen LogP contribution in [-0.2, 0) is 62.4 Å². The van der Waals surface area contributed by atoms with Gasteiger partial charge in [0.2, 0.25) is 0 Å². The van der Waals surface area contributed by atoms with Crippen LogP contribution in [-0.4, -0.2) is 95.5 Å². The number of ketones is 2. The molecule has 2 fully saturated rings.